The van der Waals surface area contributed by atoms with E-state index in [-0.39, 0.29) is 23.6 Å². The van der Waals surface area contributed by atoms with Crippen LogP contribution < -0.4 is 0 Å². The molecule has 4 rings (SSSR count). The van der Waals surface area contributed by atoms with Crippen molar-refractivity contribution in [1.29, 1.82) is 0 Å². The molecule has 1 aliphatic heterocycles. The molecule has 3 aromatic rings. The lowest BCUT2D eigenvalue weighted by molar-refractivity contribution is 0.0557. The number of amides is 1. The van der Waals surface area contributed by atoms with Crippen molar-refractivity contribution in [3.05, 3.63) is 77.8 Å². The van der Waals surface area contributed by atoms with Crippen molar-refractivity contribution >= 4 is 5.91 Å². The second kappa shape index (κ2) is 7.65. The van der Waals surface area contributed by atoms with Crippen molar-refractivity contribution < 1.29 is 13.6 Å². The SMILES string of the molecule is O=C(c1ncccn1)N1CCCC[C@@H]1c1ncc(Cc2ccc(F)cc2)o1. The largest absolute Gasteiger partial charge is 0.443 e. The van der Waals surface area contributed by atoms with Gasteiger partial charge in [0.2, 0.25) is 11.7 Å². The standard InChI is InChI=1S/C20H19FN4O2/c21-15-7-5-14(6-8-15)12-16-13-24-19(27-16)17-4-1-2-11-25(17)20(26)18-22-9-3-10-23-18/h3,5-10,13,17H,1-2,4,11-12H2/t17-/m1/s1. The molecule has 0 radical (unpaired) electrons. The number of halogens is 1. The van der Waals surface area contributed by atoms with Crippen LogP contribution in [0.15, 0.2) is 53.3 Å². The molecule has 0 bridgehead atoms. The Balaban J connectivity index is 1.53. The molecule has 3 heterocycles. The summed E-state index contributed by atoms with van der Waals surface area (Å²) in [7, 11) is 0. The molecule has 27 heavy (non-hydrogen) atoms. The van der Waals surface area contributed by atoms with Gasteiger partial charge in [0.25, 0.3) is 5.91 Å². The number of hydrogen-bond acceptors (Lipinski definition) is 5. The van der Waals surface area contributed by atoms with Gasteiger partial charge < -0.3 is 9.32 Å². The molecule has 0 spiro atoms. The third-order valence-electron chi connectivity index (χ3n) is 4.67. The number of nitrogens with zero attached hydrogens (tertiary/aromatic N) is 4. The van der Waals surface area contributed by atoms with Crippen LogP contribution in [0.2, 0.25) is 0 Å². The van der Waals surface area contributed by atoms with Gasteiger partial charge in [-0.25, -0.2) is 19.3 Å². The van der Waals surface area contributed by atoms with E-state index in [1.165, 1.54) is 12.1 Å². The molecule has 1 aromatic carbocycles. The van der Waals surface area contributed by atoms with Crippen LogP contribution in [-0.4, -0.2) is 32.3 Å². The summed E-state index contributed by atoms with van der Waals surface area (Å²) in [5.74, 6) is 0.916. The highest BCUT2D eigenvalue weighted by Gasteiger charge is 2.33. The van der Waals surface area contributed by atoms with Crippen LogP contribution in [0.1, 0.15) is 53.1 Å². The van der Waals surface area contributed by atoms with Gasteiger partial charge in [0, 0.05) is 25.4 Å². The fraction of sp³-hybridized carbons (Fsp3) is 0.300. The molecular formula is C20H19FN4O2. The van der Waals surface area contributed by atoms with Crippen LogP contribution >= 0.6 is 0 Å². The lowest BCUT2D eigenvalue weighted by atomic mass is 10.0. The first-order valence-corrected chi connectivity index (χ1v) is 8.98. The van der Waals surface area contributed by atoms with Gasteiger partial charge in [-0.1, -0.05) is 12.1 Å². The maximum absolute atomic E-state index is 13.0. The Kier molecular flexibility index (Phi) is 4.91. The van der Waals surface area contributed by atoms with Crippen molar-refractivity contribution in [3.63, 3.8) is 0 Å². The number of rotatable bonds is 4. The van der Waals surface area contributed by atoms with Gasteiger partial charge in [-0.3, -0.25) is 4.79 Å². The fourth-order valence-electron chi connectivity index (χ4n) is 3.33. The summed E-state index contributed by atoms with van der Waals surface area (Å²) in [5, 5.41) is 0. The van der Waals surface area contributed by atoms with Gasteiger partial charge in [0.15, 0.2) is 0 Å². The molecule has 0 N–H and O–H groups in total. The summed E-state index contributed by atoms with van der Waals surface area (Å²) in [6.07, 6.45) is 8.04. The number of piperidine rings is 1. The summed E-state index contributed by atoms with van der Waals surface area (Å²) in [4.78, 5) is 27.1. The Morgan fingerprint density at radius 2 is 1.93 bits per heavy atom. The average Bonchev–Trinajstić information content (AvgIpc) is 3.18. The molecule has 0 saturated carbocycles. The van der Waals surface area contributed by atoms with E-state index in [0.29, 0.717) is 24.6 Å². The van der Waals surface area contributed by atoms with Gasteiger partial charge in [0.1, 0.15) is 17.6 Å². The number of oxazole rings is 1. The van der Waals surface area contributed by atoms with E-state index in [1.54, 1.807) is 41.7 Å². The highest BCUT2D eigenvalue weighted by molar-refractivity contribution is 5.90. The zero-order chi connectivity index (χ0) is 18.6. The molecular weight excluding hydrogens is 347 g/mol. The molecule has 1 amide bonds. The topological polar surface area (TPSA) is 72.1 Å². The second-order valence-electron chi connectivity index (χ2n) is 6.55. The van der Waals surface area contributed by atoms with Crippen LogP contribution in [-0.2, 0) is 6.42 Å². The number of aromatic nitrogens is 3. The van der Waals surface area contributed by atoms with E-state index >= 15 is 0 Å². The second-order valence-corrected chi connectivity index (χ2v) is 6.55. The molecule has 1 aliphatic rings. The van der Waals surface area contributed by atoms with E-state index in [9.17, 15) is 9.18 Å². The van der Waals surface area contributed by atoms with Crippen LogP contribution in [0.3, 0.4) is 0 Å². The van der Waals surface area contributed by atoms with E-state index in [0.717, 1.165) is 24.8 Å². The molecule has 0 aliphatic carbocycles. The summed E-state index contributed by atoms with van der Waals surface area (Å²) in [5.41, 5.74) is 0.938. The minimum Gasteiger partial charge on any atom is -0.443 e. The Bertz CT molecular complexity index is 911. The fourth-order valence-corrected chi connectivity index (χ4v) is 3.33. The van der Waals surface area contributed by atoms with Crippen LogP contribution in [0, 0.1) is 5.82 Å². The highest BCUT2D eigenvalue weighted by atomic mass is 19.1. The normalized spacial score (nSPS) is 17.1. The number of hydrogen-bond donors (Lipinski definition) is 0. The van der Waals surface area contributed by atoms with Crippen molar-refractivity contribution in [2.45, 2.75) is 31.7 Å². The summed E-state index contributed by atoms with van der Waals surface area (Å²) >= 11 is 0. The number of carbonyl (C=O) groups excluding carboxylic acids is 1. The molecule has 1 atom stereocenters. The van der Waals surface area contributed by atoms with Crippen molar-refractivity contribution in [1.82, 2.24) is 19.9 Å². The van der Waals surface area contributed by atoms with Crippen LogP contribution in [0.5, 0.6) is 0 Å². The van der Waals surface area contributed by atoms with E-state index in [1.807, 2.05) is 0 Å². The predicted molar refractivity (Wildman–Crippen MR) is 95.4 cm³/mol. The highest BCUT2D eigenvalue weighted by Crippen LogP contribution is 2.31. The average molecular weight is 366 g/mol. The third kappa shape index (κ3) is 3.86. The molecule has 1 fully saturated rings. The molecule has 6 nitrogen and oxygen atoms in total. The molecule has 2 aromatic heterocycles. The van der Waals surface area contributed by atoms with Crippen molar-refractivity contribution in [2.24, 2.45) is 0 Å². The van der Waals surface area contributed by atoms with E-state index in [2.05, 4.69) is 15.0 Å². The minimum atomic E-state index is -0.267. The predicted octanol–water partition coefficient (Wildman–Crippen LogP) is 3.56. The van der Waals surface area contributed by atoms with Gasteiger partial charge in [-0.05, 0) is 43.0 Å². The zero-order valence-electron chi connectivity index (χ0n) is 14.7. The first kappa shape index (κ1) is 17.3. The van der Waals surface area contributed by atoms with Crippen LogP contribution in [0.25, 0.3) is 0 Å². The number of carbonyl (C=O) groups is 1. The minimum absolute atomic E-state index is 0.183. The third-order valence-corrected chi connectivity index (χ3v) is 4.67. The Morgan fingerprint density at radius 3 is 2.70 bits per heavy atom. The summed E-state index contributed by atoms with van der Waals surface area (Å²) in [6.45, 7) is 0.622. The van der Waals surface area contributed by atoms with Crippen molar-refractivity contribution in [2.75, 3.05) is 6.54 Å². The molecule has 1 saturated heterocycles. The monoisotopic (exact) mass is 366 g/mol. The Labute approximate surface area is 156 Å². The van der Waals surface area contributed by atoms with E-state index in [4.69, 9.17) is 4.42 Å². The summed E-state index contributed by atoms with van der Waals surface area (Å²) in [6, 6.07) is 7.75. The Hall–Kier alpha value is -3.09. The van der Waals surface area contributed by atoms with Crippen molar-refractivity contribution in [3.8, 4) is 0 Å². The van der Waals surface area contributed by atoms with Gasteiger partial charge in [-0.2, -0.15) is 0 Å². The molecule has 0 unspecified atom stereocenters. The van der Waals surface area contributed by atoms with Gasteiger partial charge >= 0.3 is 0 Å². The van der Waals surface area contributed by atoms with Gasteiger partial charge in [-0.15, -0.1) is 0 Å². The maximum atomic E-state index is 13.0. The number of benzene rings is 1. The lowest BCUT2D eigenvalue weighted by Gasteiger charge is -2.33. The Morgan fingerprint density at radius 1 is 1.15 bits per heavy atom. The first-order chi connectivity index (χ1) is 13.2. The maximum Gasteiger partial charge on any atom is 0.292 e. The number of likely N-dealkylation sites (tertiary alicyclic amines) is 1. The van der Waals surface area contributed by atoms with Crippen LogP contribution in [0.4, 0.5) is 4.39 Å². The molecule has 138 valence electrons. The molecule has 7 heteroatoms. The smallest absolute Gasteiger partial charge is 0.292 e. The quantitative estimate of drug-likeness (QED) is 0.706. The van der Waals surface area contributed by atoms with E-state index < -0.39 is 0 Å². The first-order valence-electron chi connectivity index (χ1n) is 8.98. The van der Waals surface area contributed by atoms with Gasteiger partial charge in [0.05, 0.1) is 6.20 Å². The summed E-state index contributed by atoms with van der Waals surface area (Å²) < 4.78 is 19.0. The lowest BCUT2D eigenvalue weighted by Crippen LogP contribution is -2.39. The zero-order valence-corrected chi connectivity index (χ0v) is 14.7.